The van der Waals surface area contributed by atoms with Gasteiger partial charge in [-0.05, 0) is 31.9 Å². The van der Waals surface area contributed by atoms with Crippen molar-refractivity contribution < 1.29 is 19.4 Å². The first-order valence-electron chi connectivity index (χ1n) is 8.63. The predicted molar refractivity (Wildman–Crippen MR) is 106 cm³/mol. The van der Waals surface area contributed by atoms with E-state index in [-0.39, 0.29) is 5.91 Å². The summed E-state index contributed by atoms with van der Waals surface area (Å²) in [4.78, 5) is 28.6. The fourth-order valence-electron chi connectivity index (χ4n) is 2.81. The van der Waals surface area contributed by atoms with Gasteiger partial charge in [0.2, 0.25) is 0 Å². The number of aliphatic carboxylic acids is 1. The van der Waals surface area contributed by atoms with E-state index in [1.54, 1.807) is 12.1 Å². The van der Waals surface area contributed by atoms with Crippen LogP contribution in [0, 0.1) is 6.92 Å². The molecule has 3 aromatic rings. The van der Waals surface area contributed by atoms with Crippen LogP contribution in [0.25, 0.3) is 10.8 Å². The third-order valence-electron chi connectivity index (χ3n) is 3.99. The van der Waals surface area contributed by atoms with E-state index < -0.39 is 12.6 Å². The highest BCUT2D eigenvalue weighted by Crippen LogP contribution is 2.32. The maximum atomic E-state index is 12.7. The molecular formula is C20H20N2O4S. The lowest BCUT2D eigenvalue weighted by atomic mass is 10.1. The van der Waals surface area contributed by atoms with Crippen LogP contribution in [-0.4, -0.2) is 28.6 Å². The van der Waals surface area contributed by atoms with Crippen LogP contribution < -0.4 is 10.1 Å². The van der Waals surface area contributed by atoms with E-state index >= 15 is 0 Å². The molecule has 0 aliphatic rings. The first-order chi connectivity index (χ1) is 13.0. The summed E-state index contributed by atoms with van der Waals surface area (Å²) in [6.45, 7) is 3.50. The lowest BCUT2D eigenvalue weighted by Gasteiger charge is -2.12. The molecule has 0 bridgehead atoms. The predicted octanol–water partition coefficient (Wildman–Crippen LogP) is 4.27. The van der Waals surface area contributed by atoms with Crippen molar-refractivity contribution in [1.29, 1.82) is 0 Å². The molecule has 6 nitrogen and oxygen atoms in total. The average Bonchev–Trinajstić information content (AvgIpc) is 3.01. The maximum absolute atomic E-state index is 12.7. The number of rotatable bonds is 7. The number of hydrogen-bond donors (Lipinski definition) is 2. The molecule has 0 saturated carbocycles. The SMILES string of the molecule is CCCc1nc(C)c(C(=O)Nc2ccc(OCC(=O)O)c3ccccc23)s1. The fraction of sp³-hybridized carbons (Fsp3) is 0.250. The topological polar surface area (TPSA) is 88.5 Å². The molecular weight excluding hydrogens is 364 g/mol. The Hall–Kier alpha value is -2.93. The van der Waals surface area contributed by atoms with Gasteiger partial charge < -0.3 is 15.2 Å². The van der Waals surface area contributed by atoms with Crippen molar-refractivity contribution in [3.05, 3.63) is 52.0 Å². The first kappa shape index (κ1) is 18.8. The van der Waals surface area contributed by atoms with Crippen LogP contribution in [-0.2, 0) is 11.2 Å². The summed E-state index contributed by atoms with van der Waals surface area (Å²) in [7, 11) is 0. The molecule has 0 fully saturated rings. The van der Waals surface area contributed by atoms with E-state index in [2.05, 4.69) is 17.2 Å². The van der Waals surface area contributed by atoms with Crippen molar-refractivity contribution in [2.45, 2.75) is 26.7 Å². The molecule has 2 N–H and O–H groups in total. The Bertz CT molecular complexity index is 997. The number of aromatic nitrogens is 1. The fourth-order valence-corrected chi connectivity index (χ4v) is 3.87. The minimum Gasteiger partial charge on any atom is -0.481 e. The number of fused-ring (bicyclic) bond motifs is 1. The van der Waals surface area contributed by atoms with Crippen LogP contribution in [0.1, 0.15) is 33.7 Å². The lowest BCUT2D eigenvalue weighted by molar-refractivity contribution is -0.139. The number of benzene rings is 2. The number of thiazole rings is 1. The molecule has 1 amide bonds. The highest BCUT2D eigenvalue weighted by atomic mass is 32.1. The smallest absolute Gasteiger partial charge is 0.341 e. The Kier molecular flexibility index (Phi) is 5.71. The summed E-state index contributed by atoms with van der Waals surface area (Å²) in [6.07, 6.45) is 1.84. The zero-order valence-corrected chi connectivity index (χ0v) is 15.9. The van der Waals surface area contributed by atoms with E-state index in [0.717, 1.165) is 34.3 Å². The number of nitrogens with zero attached hydrogens (tertiary/aromatic N) is 1. The second-order valence-electron chi connectivity index (χ2n) is 6.07. The van der Waals surface area contributed by atoms with Gasteiger partial charge in [-0.3, -0.25) is 4.79 Å². The highest BCUT2D eigenvalue weighted by molar-refractivity contribution is 7.13. The van der Waals surface area contributed by atoms with Gasteiger partial charge in [-0.1, -0.05) is 31.2 Å². The molecule has 140 valence electrons. The van der Waals surface area contributed by atoms with Crippen LogP contribution in [0.5, 0.6) is 5.75 Å². The molecule has 0 atom stereocenters. The van der Waals surface area contributed by atoms with Crippen LogP contribution in [0.3, 0.4) is 0 Å². The number of amides is 1. The van der Waals surface area contributed by atoms with Crippen LogP contribution >= 0.6 is 11.3 Å². The number of carbonyl (C=O) groups excluding carboxylic acids is 1. The number of anilines is 1. The second-order valence-corrected chi connectivity index (χ2v) is 7.15. The summed E-state index contributed by atoms with van der Waals surface area (Å²) in [5.74, 6) is -0.776. The molecule has 0 unspecified atom stereocenters. The molecule has 27 heavy (non-hydrogen) atoms. The number of ether oxygens (including phenoxy) is 1. The molecule has 7 heteroatoms. The van der Waals surface area contributed by atoms with Crippen LogP contribution in [0.4, 0.5) is 5.69 Å². The Morgan fingerprint density at radius 3 is 2.63 bits per heavy atom. The third kappa shape index (κ3) is 4.25. The summed E-state index contributed by atoms with van der Waals surface area (Å²) in [5, 5.41) is 14.3. The molecule has 0 saturated heterocycles. The van der Waals surface area contributed by atoms with Crippen molar-refractivity contribution >= 4 is 39.7 Å². The van der Waals surface area contributed by atoms with E-state index in [1.165, 1.54) is 11.3 Å². The van der Waals surface area contributed by atoms with Gasteiger partial charge >= 0.3 is 5.97 Å². The summed E-state index contributed by atoms with van der Waals surface area (Å²) >= 11 is 1.42. The maximum Gasteiger partial charge on any atom is 0.341 e. The molecule has 0 aliphatic heterocycles. The average molecular weight is 384 g/mol. The summed E-state index contributed by atoms with van der Waals surface area (Å²) in [5.41, 5.74) is 1.37. The van der Waals surface area contributed by atoms with Gasteiger partial charge in [-0.25, -0.2) is 9.78 Å². The molecule has 0 spiro atoms. The number of carboxylic acids is 1. The monoisotopic (exact) mass is 384 g/mol. The van der Waals surface area contributed by atoms with Gasteiger partial charge in [0.05, 0.1) is 10.7 Å². The Balaban J connectivity index is 1.90. The molecule has 0 radical (unpaired) electrons. The van der Waals surface area contributed by atoms with Crippen molar-refractivity contribution in [3.8, 4) is 5.75 Å². The van der Waals surface area contributed by atoms with Crippen LogP contribution in [0.15, 0.2) is 36.4 Å². The first-order valence-corrected chi connectivity index (χ1v) is 9.45. The number of carboxylic acid groups (broad SMARTS) is 1. The number of nitrogens with one attached hydrogen (secondary N) is 1. The number of hydrogen-bond acceptors (Lipinski definition) is 5. The Morgan fingerprint density at radius 2 is 1.93 bits per heavy atom. The normalized spacial score (nSPS) is 10.7. The summed E-state index contributed by atoms with van der Waals surface area (Å²) in [6, 6.07) is 10.8. The van der Waals surface area contributed by atoms with E-state index in [4.69, 9.17) is 9.84 Å². The zero-order valence-electron chi connectivity index (χ0n) is 15.1. The minimum atomic E-state index is -1.04. The number of aryl methyl sites for hydroxylation is 2. The van der Waals surface area contributed by atoms with Crippen molar-refractivity contribution in [2.24, 2.45) is 0 Å². The molecule has 1 aromatic heterocycles. The van der Waals surface area contributed by atoms with E-state index in [0.29, 0.717) is 16.3 Å². The summed E-state index contributed by atoms with van der Waals surface area (Å²) < 4.78 is 5.35. The van der Waals surface area contributed by atoms with Gasteiger partial charge in [-0.2, -0.15) is 0 Å². The molecule has 1 heterocycles. The second kappa shape index (κ2) is 8.18. The van der Waals surface area contributed by atoms with Gasteiger partial charge in [-0.15, -0.1) is 11.3 Å². The minimum absolute atomic E-state index is 0.197. The Labute approximate surface area is 160 Å². The van der Waals surface area contributed by atoms with Gasteiger partial charge in [0.1, 0.15) is 10.6 Å². The quantitative estimate of drug-likeness (QED) is 0.635. The number of carbonyl (C=O) groups is 2. The van der Waals surface area contributed by atoms with Crippen molar-refractivity contribution in [1.82, 2.24) is 4.98 Å². The Morgan fingerprint density at radius 1 is 1.19 bits per heavy atom. The van der Waals surface area contributed by atoms with Gasteiger partial charge in [0.25, 0.3) is 5.91 Å². The standard InChI is InChI=1S/C20H20N2O4S/c1-3-6-17-21-12(2)19(27-17)20(25)22-15-9-10-16(26-11-18(23)24)14-8-5-4-7-13(14)15/h4-5,7-10H,3,6,11H2,1-2H3,(H,22,25)(H,23,24). The van der Waals surface area contributed by atoms with Crippen LogP contribution in [0.2, 0.25) is 0 Å². The van der Waals surface area contributed by atoms with Crippen molar-refractivity contribution in [2.75, 3.05) is 11.9 Å². The lowest BCUT2D eigenvalue weighted by Crippen LogP contribution is -2.12. The van der Waals surface area contributed by atoms with Crippen molar-refractivity contribution in [3.63, 3.8) is 0 Å². The third-order valence-corrected chi connectivity index (χ3v) is 5.21. The highest BCUT2D eigenvalue weighted by Gasteiger charge is 2.17. The van der Waals surface area contributed by atoms with Gasteiger partial charge in [0.15, 0.2) is 6.61 Å². The van der Waals surface area contributed by atoms with E-state index in [9.17, 15) is 9.59 Å². The van der Waals surface area contributed by atoms with E-state index in [1.807, 2.05) is 31.2 Å². The molecule has 2 aromatic carbocycles. The molecule has 0 aliphatic carbocycles. The largest absolute Gasteiger partial charge is 0.481 e. The molecule has 3 rings (SSSR count). The van der Waals surface area contributed by atoms with Gasteiger partial charge in [0, 0.05) is 16.5 Å². The zero-order chi connectivity index (χ0) is 19.4.